The van der Waals surface area contributed by atoms with Gasteiger partial charge in [-0.25, -0.2) is 4.39 Å². The van der Waals surface area contributed by atoms with E-state index in [1.165, 1.54) is 6.07 Å². The van der Waals surface area contributed by atoms with Gasteiger partial charge in [-0.15, -0.1) is 10.2 Å². The Morgan fingerprint density at radius 3 is 2.67 bits per heavy atom. The molecule has 3 nitrogen and oxygen atoms in total. The molecule has 1 aliphatic rings. The van der Waals surface area contributed by atoms with Crippen molar-refractivity contribution >= 4 is 16.6 Å². The van der Waals surface area contributed by atoms with Gasteiger partial charge in [0, 0.05) is 10.9 Å². The predicted octanol–water partition coefficient (Wildman–Crippen LogP) is 4.25. The fraction of sp³-hybridized carbons (Fsp3) is 0.250. The van der Waals surface area contributed by atoms with Crippen LogP contribution in [0.25, 0.3) is 10.9 Å². The molecule has 0 fully saturated rings. The largest absolute Gasteiger partial charge is 0.276 e. The number of hydrogen-bond acceptors (Lipinski definition) is 3. The molecule has 24 heavy (non-hydrogen) atoms. The monoisotopic (exact) mass is 319 g/mol. The van der Waals surface area contributed by atoms with Crippen LogP contribution in [0.1, 0.15) is 36.2 Å². The number of aromatic nitrogens is 2. The molecule has 1 aliphatic heterocycles. The maximum absolute atomic E-state index is 14.0. The number of nitrogens with zero attached hydrogens (tertiary/aromatic N) is 3. The minimum Gasteiger partial charge on any atom is -0.276 e. The van der Waals surface area contributed by atoms with Crippen molar-refractivity contribution in [2.45, 2.75) is 32.7 Å². The van der Waals surface area contributed by atoms with Crippen LogP contribution in [-0.4, -0.2) is 21.4 Å². The van der Waals surface area contributed by atoms with Crippen LogP contribution in [0, 0.1) is 12.7 Å². The highest BCUT2D eigenvalue weighted by Gasteiger charge is 2.30. The molecule has 0 unspecified atom stereocenters. The molecule has 3 aromatic rings. The highest BCUT2D eigenvalue weighted by Crippen LogP contribution is 2.32. The molecule has 0 spiro atoms. The second-order valence-corrected chi connectivity index (χ2v) is 6.94. The van der Waals surface area contributed by atoms with Crippen LogP contribution in [0.2, 0.25) is 0 Å². The smallest absolute Gasteiger partial charge is 0.126 e. The van der Waals surface area contributed by atoms with Crippen molar-refractivity contribution in [1.82, 2.24) is 10.2 Å². The molecule has 0 bridgehead atoms. The summed E-state index contributed by atoms with van der Waals surface area (Å²) < 4.78 is 14.0. The highest BCUT2D eigenvalue weighted by atomic mass is 19.1. The zero-order valence-corrected chi connectivity index (χ0v) is 14.0. The Balaban J connectivity index is 1.95. The average molecular weight is 319 g/mol. The molecule has 0 saturated heterocycles. The number of fused-ring (bicyclic) bond motifs is 2. The van der Waals surface area contributed by atoms with Crippen LogP contribution < -0.4 is 0 Å². The van der Waals surface area contributed by atoms with Gasteiger partial charge in [0.2, 0.25) is 0 Å². The van der Waals surface area contributed by atoms with Gasteiger partial charge in [0.15, 0.2) is 0 Å². The van der Waals surface area contributed by atoms with E-state index >= 15 is 0 Å². The van der Waals surface area contributed by atoms with Crippen molar-refractivity contribution in [3.8, 4) is 0 Å². The predicted molar refractivity (Wildman–Crippen MR) is 94.1 cm³/mol. The molecule has 0 N–H and O–H groups in total. The lowest BCUT2D eigenvalue weighted by Gasteiger charge is -2.30. The SMILES string of the molecule is Cc1c(F)ccc2c1CC(C)(C)N=C2c1cc2ccccc2nn1. The van der Waals surface area contributed by atoms with Gasteiger partial charge in [-0.2, -0.15) is 0 Å². The molecular weight excluding hydrogens is 301 g/mol. The van der Waals surface area contributed by atoms with Crippen LogP contribution in [0.15, 0.2) is 47.5 Å². The van der Waals surface area contributed by atoms with Crippen LogP contribution in [-0.2, 0) is 6.42 Å². The minimum atomic E-state index is -0.297. The third-order valence-corrected chi connectivity index (χ3v) is 4.55. The third kappa shape index (κ3) is 2.39. The van der Waals surface area contributed by atoms with Crippen LogP contribution in [0.3, 0.4) is 0 Å². The molecule has 0 aliphatic carbocycles. The molecule has 0 atom stereocenters. The molecular formula is C20H18FN3. The summed E-state index contributed by atoms with van der Waals surface area (Å²) in [6.45, 7) is 5.96. The van der Waals surface area contributed by atoms with Gasteiger partial charge in [0.05, 0.1) is 16.8 Å². The molecule has 4 heteroatoms. The van der Waals surface area contributed by atoms with Gasteiger partial charge in [0.1, 0.15) is 11.5 Å². The maximum Gasteiger partial charge on any atom is 0.126 e. The van der Waals surface area contributed by atoms with E-state index in [1.807, 2.05) is 43.3 Å². The standard InChI is InChI=1S/C20H18FN3/c1-12-15-11-20(2,3)22-19(14(15)8-9-16(12)21)18-10-13-6-4-5-7-17(13)23-24-18/h4-10H,11H2,1-3H3. The quantitative estimate of drug-likeness (QED) is 0.672. The Morgan fingerprint density at radius 2 is 1.83 bits per heavy atom. The minimum absolute atomic E-state index is 0.171. The molecule has 2 heterocycles. The van der Waals surface area contributed by atoms with Gasteiger partial charge in [-0.05, 0) is 62.6 Å². The zero-order valence-electron chi connectivity index (χ0n) is 14.0. The van der Waals surface area contributed by atoms with Crippen molar-refractivity contribution in [3.63, 3.8) is 0 Å². The van der Waals surface area contributed by atoms with Crippen LogP contribution in [0.4, 0.5) is 4.39 Å². The Bertz CT molecular complexity index is 989. The van der Waals surface area contributed by atoms with Crippen molar-refractivity contribution in [2.75, 3.05) is 0 Å². The van der Waals surface area contributed by atoms with E-state index in [0.29, 0.717) is 5.56 Å². The summed E-state index contributed by atoms with van der Waals surface area (Å²) >= 11 is 0. The molecule has 4 rings (SSSR count). The number of rotatable bonds is 1. The summed E-state index contributed by atoms with van der Waals surface area (Å²) in [6.07, 6.45) is 0.719. The Kier molecular flexibility index (Phi) is 3.23. The summed E-state index contributed by atoms with van der Waals surface area (Å²) in [5, 5.41) is 9.71. The first-order valence-corrected chi connectivity index (χ1v) is 8.06. The summed E-state index contributed by atoms with van der Waals surface area (Å²) in [4.78, 5) is 4.90. The van der Waals surface area contributed by atoms with E-state index < -0.39 is 0 Å². The Morgan fingerprint density at radius 1 is 1.04 bits per heavy atom. The van der Waals surface area contributed by atoms with E-state index in [2.05, 4.69) is 24.0 Å². The van der Waals surface area contributed by atoms with E-state index in [1.54, 1.807) is 0 Å². The molecule has 0 amide bonds. The topological polar surface area (TPSA) is 38.1 Å². The zero-order chi connectivity index (χ0) is 16.9. The number of hydrogen-bond donors (Lipinski definition) is 0. The van der Waals surface area contributed by atoms with E-state index in [0.717, 1.165) is 39.9 Å². The first-order valence-electron chi connectivity index (χ1n) is 8.06. The van der Waals surface area contributed by atoms with E-state index in [-0.39, 0.29) is 11.4 Å². The lowest BCUT2D eigenvalue weighted by atomic mass is 9.83. The van der Waals surface area contributed by atoms with Gasteiger partial charge in [-0.3, -0.25) is 4.99 Å². The average Bonchev–Trinajstić information content (AvgIpc) is 2.57. The Labute approximate surface area is 140 Å². The fourth-order valence-electron chi connectivity index (χ4n) is 3.31. The summed E-state index contributed by atoms with van der Waals surface area (Å²) in [5.74, 6) is -0.171. The fourth-order valence-corrected chi connectivity index (χ4v) is 3.31. The van der Waals surface area contributed by atoms with Crippen molar-refractivity contribution < 1.29 is 4.39 Å². The third-order valence-electron chi connectivity index (χ3n) is 4.55. The van der Waals surface area contributed by atoms with Gasteiger partial charge < -0.3 is 0 Å². The number of halogens is 1. The lowest BCUT2D eigenvalue weighted by Crippen LogP contribution is -2.30. The summed E-state index contributed by atoms with van der Waals surface area (Å²) in [6, 6.07) is 13.2. The second-order valence-electron chi connectivity index (χ2n) is 6.94. The van der Waals surface area contributed by atoms with E-state index in [4.69, 9.17) is 4.99 Å². The first-order chi connectivity index (χ1) is 11.4. The van der Waals surface area contributed by atoms with E-state index in [9.17, 15) is 4.39 Å². The maximum atomic E-state index is 14.0. The normalized spacial score (nSPS) is 15.9. The Hall–Kier alpha value is -2.62. The van der Waals surface area contributed by atoms with Gasteiger partial charge >= 0.3 is 0 Å². The van der Waals surface area contributed by atoms with Crippen LogP contribution in [0.5, 0.6) is 0 Å². The number of benzene rings is 2. The molecule has 0 radical (unpaired) electrons. The summed E-state index contributed by atoms with van der Waals surface area (Å²) in [5.41, 5.74) is 4.75. The van der Waals surface area contributed by atoms with Gasteiger partial charge in [0.25, 0.3) is 0 Å². The van der Waals surface area contributed by atoms with Crippen LogP contribution >= 0.6 is 0 Å². The molecule has 2 aromatic carbocycles. The molecule has 1 aromatic heterocycles. The molecule has 120 valence electrons. The second kappa shape index (κ2) is 5.20. The highest BCUT2D eigenvalue weighted by molar-refractivity contribution is 6.14. The van der Waals surface area contributed by atoms with Gasteiger partial charge in [-0.1, -0.05) is 18.2 Å². The first kappa shape index (κ1) is 14.9. The number of aliphatic imine (C=N–C) groups is 1. The van der Waals surface area contributed by atoms with Crippen molar-refractivity contribution in [3.05, 3.63) is 70.7 Å². The molecule has 0 saturated carbocycles. The van der Waals surface area contributed by atoms with Crippen molar-refractivity contribution in [2.24, 2.45) is 4.99 Å². The summed E-state index contributed by atoms with van der Waals surface area (Å²) in [7, 11) is 0. The van der Waals surface area contributed by atoms with Crippen molar-refractivity contribution in [1.29, 1.82) is 0 Å². The lowest BCUT2D eigenvalue weighted by molar-refractivity contribution is 0.507.